The van der Waals surface area contributed by atoms with Crippen LogP contribution in [0.3, 0.4) is 0 Å². The van der Waals surface area contributed by atoms with Gasteiger partial charge in [0.1, 0.15) is 6.10 Å². The Hall–Kier alpha value is -1.14. The second-order valence-corrected chi connectivity index (χ2v) is 3.00. The molecule has 1 atom stereocenters. The minimum Gasteiger partial charge on any atom is -0.369 e. The largest absolute Gasteiger partial charge is 0.369 e. The van der Waals surface area contributed by atoms with E-state index in [0.29, 0.717) is 26.1 Å². The van der Waals surface area contributed by atoms with Crippen molar-refractivity contribution in [2.45, 2.75) is 26.4 Å². The summed E-state index contributed by atoms with van der Waals surface area (Å²) < 4.78 is 5.15. The quantitative estimate of drug-likeness (QED) is 0.527. The van der Waals surface area contributed by atoms with Gasteiger partial charge in [-0.25, -0.2) is 4.79 Å². The molecule has 0 radical (unpaired) electrons. The fourth-order valence-electron chi connectivity index (χ4n) is 0.837. The van der Waals surface area contributed by atoms with Crippen molar-refractivity contribution in [3.8, 4) is 0 Å². The molecule has 0 aliphatic rings. The number of rotatable bonds is 6. The number of urea groups is 1. The first-order chi connectivity index (χ1) is 7.11. The van der Waals surface area contributed by atoms with E-state index >= 15 is 0 Å². The standard InChI is InChI=1S/C9H19N3O3/c1-3-11-9(14)12-8(13)7(2)15-6-4-5-10/h7H,3-6,10H2,1-2H3,(H2,11,12,13,14). The number of hydrogen-bond donors (Lipinski definition) is 3. The lowest BCUT2D eigenvalue weighted by atomic mass is 10.3. The van der Waals surface area contributed by atoms with E-state index in [9.17, 15) is 9.59 Å². The van der Waals surface area contributed by atoms with Gasteiger partial charge in [-0.05, 0) is 26.8 Å². The molecule has 0 saturated carbocycles. The third kappa shape index (κ3) is 6.87. The zero-order chi connectivity index (χ0) is 11.7. The third-order valence-corrected chi connectivity index (χ3v) is 1.66. The molecule has 6 nitrogen and oxygen atoms in total. The Kier molecular flexibility index (Phi) is 7.57. The lowest BCUT2D eigenvalue weighted by Gasteiger charge is -2.12. The summed E-state index contributed by atoms with van der Waals surface area (Å²) in [7, 11) is 0. The van der Waals surface area contributed by atoms with Gasteiger partial charge in [0.15, 0.2) is 0 Å². The summed E-state index contributed by atoms with van der Waals surface area (Å²) in [6, 6.07) is -0.503. The molecule has 0 fully saturated rings. The average molecular weight is 217 g/mol. The zero-order valence-corrected chi connectivity index (χ0v) is 9.21. The fourth-order valence-corrected chi connectivity index (χ4v) is 0.837. The van der Waals surface area contributed by atoms with E-state index in [2.05, 4.69) is 10.6 Å². The molecule has 0 aliphatic heterocycles. The molecule has 0 aromatic rings. The number of imide groups is 1. The fraction of sp³-hybridized carbons (Fsp3) is 0.778. The molecule has 0 heterocycles. The van der Waals surface area contributed by atoms with Crippen molar-refractivity contribution in [1.82, 2.24) is 10.6 Å². The molecule has 3 amide bonds. The van der Waals surface area contributed by atoms with Crippen LogP contribution in [0.5, 0.6) is 0 Å². The Bertz CT molecular complexity index is 209. The lowest BCUT2D eigenvalue weighted by Crippen LogP contribution is -2.44. The van der Waals surface area contributed by atoms with Crippen molar-refractivity contribution in [1.29, 1.82) is 0 Å². The highest BCUT2D eigenvalue weighted by Gasteiger charge is 2.15. The van der Waals surface area contributed by atoms with Gasteiger partial charge in [-0.1, -0.05) is 0 Å². The second-order valence-electron chi connectivity index (χ2n) is 3.00. The van der Waals surface area contributed by atoms with Crippen LogP contribution >= 0.6 is 0 Å². The molecule has 15 heavy (non-hydrogen) atoms. The van der Waals surface area contributed by atoms with Gasteiger partial charge in [0, 0.05) is 13.2 Å². The Labute approximate surface area is 89.5 Å². The van der Waals surface area contributed by atoms with Gasteiger partial charge in [-0.15, -0.1) is 0 Å². The first-order valence-corrected chi connectivity index (χ1v) is 5.02. The number of ether oxygens (including phenoxy) is 1. The number of hydrogen-bond acceptors (Lipinski definition) is 4. The number of carbonyl (C=O) groups excluding carboxylic acids is 2. The second kappa shape index (κ2) is 8.19. The molecule has 0 bridgehead atoms. The predicted octanol–water partition coefficient (Wildman–Crippen LogP) is -0.414. The van der Waals surface area contributed by atoms with E-state index in [0.717, 1.165) is 0 Å². The molecular formula is C9H19N3O3. The van der Waals surface area contributed by atoms with Crippen molar-refractivity contribution in [3.05, 3.63) is 0 Å². The molecule has 88 valence electrons. The molecule has 0 spiro atoms. The average Bonchev–Trinajstić information content (AvgIpc) is 2.18. The molecule has 6 heteroatoms. The Morgan fingerprint density at radius 3 is 2.67 bits per heavy atom. The maximum absolute atomic E-state index is 11.3. The first kappa shape index (κ1) is 13.9. The van der Waals surface area contributed by atoms with Crippen LogP contribution in [0.15, 0.2) is 0 Å². The minimum atomic E-state index is -0.640. The van der Waals surface area contributed by atoms with E-state index in [4.69, 9.17) is 10.5 Å². The van der Waals surface area contributed by atoms with Crippen molar-refractivity contribution < 1.29 is 14.3 Å². The Morgan fingerprint density at radius 1 is 1.47 bits per heavy atom. The van der Waals surface area contributed by atoms with Crippen LogP contribution in [0.25, 0.3) is 0 Å². The van der Waals surface area contributed by atoms with Crippen molar-refractivity contribution in [2.24, 2.45) is 5.73 Å². The van der Waals surface area contributed by atoms with Gasteiger partial charge in [-0.2, -0.15) is 0 Å². The molecule has 0 saturated heterocycles. The van der Waals surface area contributed by atoms with Gasteiger partial charge < -0.3 is 15.8 Å². The maximum Gasteiger partial charge on any atom is 0.321 e. The normalized spacial score (nSPS) is 11.9. The van der Waals surface area contributed by atoms with Gasteiger partial charge >= 0.3 is 6.03 Å². The summed E-state index contributed by atoms with van der Waals surface area (Å²) in [6.07, 6.45) is 0.0536. The van der Waals surface area contributed by atoms with E-state index < -0.39 is 18.0 Å². The first-order valence-electron chi connectivity index (χ1n) is 5.02. The van der Waals surface area contributed by atoms with Gasteiger partial charge in [0.2, 0.25) is 0 Å². The SMILES string of the molecule is CCNC(=O)NC(=O)C(C)OCCCN. The number of amides is 3. The number of nitrogens with two attached hydrogens (primary N) is 1. The summed E-state index contributed by atoms with van der Waals surface area (Å²) in [4.78, 5) is 22.3. The van der Waals surface area contributed by atoms with Crippen molar-refractivity contribution in [3.63, 3.8) is 0 Å². The van der Waals surface area contributed by atoms with Gasteiger partial charge in [0.25, 0.3) is 5.91 Å². The smallest absolute Gasteiger partial charge is 0.321 e. The molecule has 0 rings (SSSR count). The van der Waals surface area contributed by atoms with Crippen LogP contribution in [0.1, 0.15) is 20.3 Å². The van der Waals surface area contributed by atoms with Crippen LogP contribution < -0.4 is 16.4 Å². The van der Waals surface area contributed by atoms with Crippen molar-refractivity contribution in [2.75, 3.05) is 19.7 Å². The van der Waals surface area contributed by atoms with E-state index in [1.54, 1.807) is 13.8 Å². The van der Waals surface area contributed by atoms with E-state index in [-0.39, 0.29) is 0 Å². The van der Waals surface area contributed by atoms with Gasteiger partial charge in [-0.3, -0.25) is 10.1 Å². The monoisotopic (exact) mass is 217 g/mol. The molecule has 4 N–H and O–H groups in total. The highest BCUT2D eigenvalue weighted by atomic mass is 16.5. The van der Waals surface area contributed by atoms with Gasteiger partial charge in [0.05, 0.1) is 0 Å². The molecular weight excluding hydrogens is 198 g/mol. The maximum atomic E-state index is 11.3. The summed E-state index contributed by atoms with van der Waals surface area (Å²) >= 11 is 0. The van der Waals surface area contributed by atoms with Crippen LogP contribution in [-0.4, -0.2) is 37.7 Å². The highest BCUT2D eigenvalue weighted by molar-refractivity contribution is 5.96. The summed E-state index contributed by atoms with van der Waals surface area (Å²) in [5, 5.41) is 4.61. The van der Waals surface area contributed by atoms with Crippen molar-refractivity contribution >= 4 is 11.9 Å². The topological polar surface area (TPSA) is 93.5 Å². The molecule has 0 aliphatic carbocycles. The van der Waals surface area contributed by atoms with E-state index in [1.807, 2.05) is 0 Å². The van der Waals surface area contributed by atoms with Crippen LogP contribution in [0.2, 0.25) is 0 Å². The number of nitrogens with one attached hydrogen (secondary N) is 2. The summed E-state index contributed by atoms with van der Waals surface area (Å²) in [5.41, 5.74) is 5.27. The van der Waals surface area contributed by atoms with E-state index in [1.165, 1.54) is 0 Å². The third-order valence-electron chi connectivity index (χ3n) is 1.66. The Morgan fingerprint density at radius 2 is 2.13 bits per heavy atom. The molecule has 0 aromatic heterocycles. The Balaban J connectivity index is 3.73. The summed E-state index contributed by atoms with van der Waals surface area (Å²) in [6.45, 7) is 4.77. The zero-order valence-electron chi connectivity index (χ0n) is 9.21. The highest BCUT2D eigenvalue weighted by Crippen LogP contribution is 1.92. The minimum absolute atomic E-state index is 0.417. The van der Waals surface area contributed by atoms with Crippen LogP contribution in [0, 0.1) is 0 Å². The molecule has 0 aromatic carbocycles. The molecule has 1 unspecified atom stereocenters. The number of carbonyl (C=O) groups is 2. The summed E-state index contributed by atoms with van der Waals surface area (Å²) in [5.74, 6) is -0.446. The lowest BCUT2D eigenvalue weighted by molar-refractivity contribution is -0.130. The van der Waals surface area contributed by atoms with Crippen LogP contribution in [-0.2, 0) is 9.53 Å². The van der Waals surface area contributed by atoms with Crippen LogP contribution in [0.4, 0.5) is 4.79 Å². The predicted molar refractivity (Wildman–Crippen MR) is 56.3 cm³/mol.